The molecule has 31 heavy (non-hydrogen) atoms. The first-order chi connectivity index (χ1) is 14.6. The number of esters is 1. The molecule has 2 aromatic rings. The van der Waals surface area contributed by atoms with Gasteiger partial charge in [0.15, 0.2) is 0 Å². The Bertz CT molecular complexity index is 1060. The number of hydrogen-bond acceptors (Lipinski definition) is 5. The number of fused-ring (bicyclic) bond motifs is 2. The summed E-state index contributed by atoms with van der Waals surface area (Å²) in [5.41, 5.74) is 1.31. The summed E-state index contributed by atoms with van der Waals surface area (Å²) in [5, 5.41) is 0.867. The van der Waals surface area contributed by atoms with Crippen LogP contribution in [0.25, 0.3) is 11.0 Å². The minimum atomic E-state index is -0.368. The fraction of sp³-hybridized carbons (Fsp3) is 0.538. The Balaban J connectivity index is 1.56. The zero-order chi connectivity index (χ0) is 22.4. The summed E-state index contributed by atoms with van der Waals surface area (Å²) in [6, 6.07) is 8.77. The zero-order valence-electron chi connectivity index (χ0n) is 18.9. The van der Waals surface area contributed by atoms with Gasteiger partial charge >= 0.3 is 11.6 Å². The summed E-state index contributed by atoms with van der Waals surface area (Å²) in [5.74, 6) is 1.10. The summed E-state index contributed by atoms with van der Waals surface area (Å²) in [4.78, 5) is 23.2. The molecule has 0 radical (unpaired) electrons. The first-order valence-electron chi connectivity index (χ1n) is 11.1. The van der Waals surface area contributed by atoms with Crippen LogP contribution in [0, 0.1) is 22.7 Å². The average molecular weight is 425 g/mol. The van der Waals surface area contributed by atoms with Crippen LogP contribution in [-0.2, 0) is 9.53 Å². The van der Waals surface area contributed by atoms with E-state index in [0.717, 1.165) is 31.1 Å². The molecule has 2 fully saturated rings. The van der Waals surface area contributed by atoms with Crippen molar-refractivity contribution in [2.24, 2.45) is 22.7 Å². The molecular formula is C26H32O5. The molecule has 0 N–H and O–H groups in total. The van der Waals surface area contributed by atoms with Crippen LogP contribution in [0.1, 0.15) is 53.4 Å². The zero-order valence-corrected chi connectivity index (χ0v) is 18.9. The smallest absolute Gasteiger partial charge is 0.336 e. The van der Waals surface area contributed by atoms with Gasteiger partial charge in [-0.15, -0.1) is 0 Å². The lowest BCUT2D eigenvalue weighted by atomic mass is 9.47. The molecule has 5 nitrogen and oxygen atoms in total. The third kappa shape index (κ3) is 3.90. The molecule has 4 rings (SSSR count). The molecule has 2 aliphatic rings. The average Bonchev–Trinajstić information content (AvgIpc) is 2.69. The quantitative estimate of drug-likeness (QED) is 0.368. The maximum Gasteiger partial charge on any atom is 0.336 e. The minimum absolute atomic E-state index is 0.0267. The van der Waals surface area contributed by atoms with E-state index in [1.165, 1.54) is 18.6 Å². The Labute approximate surface area is 183 Å². The Morgan fingerprint density at radius 3 is 2.68 bits per heavy atom. The molecule has 0 unspecified atom stereocenters. The molecule has 1 heterocycles. The molecule has 0 amide bonds. The molecule has 2 saturated carbocycles. The Kier molecular flexibility index (Phi) is 5.48. The minimum Gasteiger partial charge on any atom is -0.493 e. The van der Waals surface area contributed by atoms with Crippen LogP contribution in [0.15, 0.2) is 51.7 Å². The summed E-state index contributed by atoms with van der Waals surface area (Å²) >= 11 is 0. The van der Waals surface area contributed by atoms with Gasteiger partial charge < -0.3 is 13.9 Å². The maximum absolute atomic E-state index is 11.6. The number of rotatable bonds is 4. The molecule has 4 atom stereocenters. The van der Waals surface area contributed by atoms with Gasteiger partial charge in [0.05, 0.1) is 6.61 Å². The number of carbonyl (C=O) groups excluding carboxylic acids is 1. The van der Waals surface area contributed by atoms with Gasteiger partial charge in [-0.2, -0.15) is 0 Å². The van der Waals surface area contributed by atoms with Crippen LogP contribution >= 0.6 is 0 Å². The first kappa shape index (κ1) is 21.7. The Hall–Kier alpha value is -2.56. The summed E-state index contributed by atoms with van der Waals surface area (Å²) in [6.07, 6.45) is 3.78. The van der Waals surface area contributed by atoms with Crippen molar-refractivity contribution in [3.8, 4) is 5.75 Å². The lowest BCUT2D eigenvalue weighted by Crippen LogP contribution is -2.56. The van der Waals surface area contributed by atoms with Crippen LogP contribution in [0.2, 0.25) is 0 Å². The highest BCUT2D eigenvalue weighted by Crippen LogP contribution is 2.61. The lowest BCUT2D eigenvalue weighted by molar-refractivity contribution is -0.175. The van der Waals surface area contributed by atoms with Crippen molar-refractivity contribution in [1.82, 2.24) is 0 Å². The van der Waals surface area contributed by atoms with Crippen LogP contribution in [0.5, 0.6) is 5.75 Å². The molecule has 0 aliphatic heterocycles. The van der Waals surface area contributed by atoms with Crippen molar-refractivity contribution in [3.63, 3.8) is 0 Å². The van der Waals surface area contributed by atoms with Crippen LogP contribution in [0.4, 0.5) is 0 Å². The van der Waals surface area contributed by atoms with Crippen molar-refractivity contribution in [2.75, 3.05) is 6.61 Å². The summed E-state index contributed by atoms with van der Waals surface area (Å²) in [7, 11) is 0. The molecule has 2 aliphatic carbocycles. The normalized spacial score (nSPS) is 29.9. The van der Waals surface area contributed by atoms with Crippen molar-refractivity contribution in [3.05, 3.63) is 52.9 Å². The lowest BCUT2D eigenvalue weighted by Gasteiger charge is -2.59. The molecule has 0 spiro atoms. The van der Waals surface area contributed by atoms with Crippen LogP contribution in [-0.4, -0.2) is 18.7 Å². The number of benzene rings is 1. The second-order valence-corrected chi connectivity index (χ2v) is 10.0. The highest BCUT2D eigenvalue weighted by atomic mass is 16.5. The monoisotopic (exact) mass is 424 g/mol. The topological polar surface area (TPSA) is 65.7 Å². The fourth-order valence-electron chi connectivity index (χ4n) is 6.18. The molecule has 1 aromatic carbocycles. The van der Waals surface area contributed by atoms with Crippen LogP contribution in [0.3, 0.4) is 0 Å². The standard InChI is InChI=1S/C26H32O5/c1-16-6-10-22-25(3,4)23(30-17(2)27)12-13-26(22,5)20(16)15-29-19-9-7-18-8-11-24(28)31-21(18)14-19/h7-9,11,14,20,22-23H,1,6,10,12-13,15H2,2-5H3/t20-,22+,23-,26+/m0/s1. The number of ether oxygens (including phenoxy) is 2. The third-order valence-electron chi connectivity index (χ3n) is 7.83. The van der Waals surface area contributed by atoms with E-state index in [2.05, 4.69) is 27.4 Å². The highest BCUT2D eigenvalue weighted by molar-refractivity contribution is 5.77. The predicted octanol–water partition coefficient (Wildman–Crippen LogP) is 5.51. The van der Waals surface area contributed by atoms with Gasteiger partial charge in [-0.25, -0.2) is 4.79 Å². The van der Waals surface area contributed by atoms with E-state index in [9.17, 15) is 9.59 Å². The molecule has 166 valence electrons. The van der Waals surface area contributed by atoms with Gasteiger partial charge in [0.25, 0.3) is 0 Å². The fourth-order valence-corrected chi connectivity index (χ4v) is 6.18. The largest absolute Gasteiger partial charge is 0.493 e. The van der Waals surface area contributed by atoms with E-state index < -0.39 is 0 Å². The maximum atomic E-state index is 11.6. The summed E-state index contributed by atoms with van der Waals surface area (Å²) < 4.78 is 17.2. The molecular weight excluding hydrogens is 392 g/mol. The third-order valence-corrected chi connectivity index (χ3v) is 7.83. The summed E-state index contributed by atoms with van der Waals surface area (Å²) in [6.45, 7) is 13.2. The van der Waals surface area contributed by atoms with Crippen molar-refractivity contribution >= 4 is 16.9 Å². The van der Waals surface area contributed by atoms with Gasteiger partial charge in [-0.1, -0.05) is 32.9 Å². The second-order valence-electron chi connectivity index (χ2n) is 10.0. The Morgan fingerprint density at radius 2 is 1.94 bits per heavy atom. The van der Waals surface area contributed by atoms with Gasteiger partial charge in [0, 0.05) is 35.8 Å². The van der Waals surface area contributed by atoms with E-state index in [-0.39, 0.29) is 34.4 Å². The number of hydrogen-bond donors (Lipinski definition) is 0. The first-order valence-corrected chi connectivity index (χ1v) is 11.1. The van der Waals surface area contributed by atoms with Gasteiger partial charge in [0.1, 0.15) is 17.4 Å². The Morgan fingerprint density at radius 1 is 1.19 bits per heavy atom. The highest BCUT2D eigenvalue weighted by Gasteiger charge is 2.57. The SMILES string of the molecule is C=C1CC[C@@H]2C(C)(C)[C@@H](OC(C)=O)CC[C@]2(C)[C@H]1COc1ccc2ccc(=O)oc2c1. The van der Waals surface area contributed by atoms with Gasteiger partial charge in [-0.3, -0.25) is 4.79 Å². The molecule has 0 saturated heterocycles. The number of carbonyl (C=O) groups is 1. The van der Waals surface area contributed by atoms with Crippen LogP contribution < -0.4 is 10.4 Å². The predicted molar refractivity (Wildman–Crippen MR) is 120 cm³/mol. The molecule has 5 heteroatoms. The molecule has 0 bridgehead atoms. The van der Waals surface area contributed by atoms with E-state index in [1.54, 1.807) is 12.1 Å². The van der Waals surface area contributed by atoms with E-state index >= 15 is 0 Å². The van der Waals surface area contributed by atoms with Crippen molar-refractivity contribution in [1.29, 1.82) is 0 Å². The van der Waals surface area contributed by atoms with Gasteiger partial charge in [-0.05, 0) is 55.2 Å². The second kappa shape index (κ2) is 7.85. The van der Waals surface area contributed by atoms with Crippen molar-refractivity contribution < 1.29 is 18.7 Å². The van der Waals surface area contributed by atoms with E-state index in [0.29, 0.717) is 23.9 Å². The van der Waals surface area contributed by atoms with E-state index in [1.807, 2.05) is 12.1 Å². The van der Waals surface area contributed by atoms with E-state index in [4.69, 9.17) is 13.9 Å². The molecule has 1 aromatic heterocycles. The van der Waals surface area contributed by atoms with Crippen molar-refractivity contribution in [2.45, 2.75) is 59.5 Å². The van der Waals surface area contributed by atoms with Gasteiger partial charge in [0.2, 0.25) is 0 Å².